The molecule has 0 atom stereocenters. The first-order chi connectivity index (χ1) is 9.70. The van der Waals surface area contributed by atoms with E-state index in [1.807, 2.05) is 18.2 Å². The summed E-state index contributed by atoms with van der Waals surface area (Å²) in [6.45, 7) is 0.961. The van der Waals surface area contributed by atoms with E-state index in [1.165, 1.54) is 23.3 Å². The van der Waals surface area contributed by atoms with Crippen molar-refractivity contribution in [2.75, 3.05) is 0 Å². The quantitative estimate of drug-likeness (QED) is 0.790. The molecule has 1 fully saturated rings. The first-order valence-electron chi connectivity index (χ1n) is 6.66. The third kappa shape index (κ3) is 3.92. The van der Waals surface area contributed by atoms with Gasteiger partial charge in [-0.2, -0.15) is 0 Å². The average Bonchev–Trinajstić information content (AvgIpc) is 3.26. The highest BCUT2D eigenvalue weighted by atomic mass is 35.5. The van der Waals surface area contributed by atoms with Crippen LogP contribution in [0, 0.1) is 0 Å². The largest absolute Gasteiger partial charge is 0.310 e. The molecule has 0 spiro atoms. The second kappa shape index (κ2) is 6.40. The maximum Gasteiger partial charge on any atom is 0.0603 e. The van der Waals surface area contributed by atoms with Crippen LogP contribution in [-0.4, -0.2) is 6.04 Å². The van der Waals surface area contributed by atoms with Crippen LogP contribution in [0.5, 0.6) is 0 Å². The molecule has 20 heavy (non-hydrogen) atoms. The molecular weight excluding hydrogens is 309 g/mol. The summed E-state index contributed by atoms with van der Waals surface area (Å²) in [5.41, 5.74) is 1.33. The smallest absolute Gasteiger partial charge is 0.0603 e. The summed E-state index contributed by atoms with van der Waals surface area (Å²) in [4.78, 5) is 2.31. The highest BCUT2D eigenvalue weighted by molar-refractivity contribution is 7.99. The Kier molecular flexibility index (Phi) is 4.57. The Balaban J connectivity index is 1.62. The molecule has 2 aromatic carbocycles. The van der Waals surface area contributed by atoms with E-state index in [2.05, 4.69) is 29.6 Å². The molecule has 2 aromatic rings. The molecule has 0 bridgehead atoms. The fourth-order valence-electron chi connectivity index (χ4n) is 1.90. The van der Waals surface area contributed by atoms with Gasteiger partial charge >= 0.3 is 0 Å². The van der Waals surface area contributed by atoms with Crippen LogP contribution in [-0.2, 0) is 6.54 Å². The van der Waals surface area contributed by atoms with Crippen LogP contribution in [0.1, 0.15) is 18.4 Å². The number of halogens is 2. The molecular formula is C16H15Cl2NS. The van der Waals surface area contributed by atoms with Gasteiger partial charge in [0.15, 0.2) is 0 Å². The third-order valence-corrected chi connectivity index (χ3v) is 4.96. The molecule has 0 radical (unpaired) electrons. The van der Waals surface area contributed by atoms with Crippen LogP contribution >= 0.6 is 35.0 Å². The number of nitrogens with one attached hydrogen (secondary N) is 1. The Bertz CT molecular complexity index is 594. The van der Waals surface area contributed by atoms with E-state index in [0.29, 0.717) is 10.0 Å². The fourth-order valence-corrected chi connectivity index (χ4v) is 3.12. The van der Waals surface area contributed by atoms with Gasteiger partial charge in [-0.05, 0) is 48.7 Å². The van der Waals surface area contributed by atoms with Gasteiger partial charge in [0.2, 0.25) is 0 Å². The van der Waals surface area contributed by atoms with Gasteiger partial charge in [-0.15, -0.1) is 0 Å². The molecule has 1 aliphatic carbocycles. The lowest BCUT2D eigenvalue weighted by atomic mass is 10.2. The lowest BCUT2D eigenvalue weighted by Gasteiger charge is -2.06. The minimum Gasteiger partial charge on any atom is -0.310 e. The topological polar surface area (TPSA) is 12.0 Å². The molecule has 0 unspecified atom stereocenters. The lowest BCUT2D eigenvalue weighted by molar-refractivity contribution is 0.687. The number of rotatable bonds is 5. The van der Waals surface area contributed by atoms with Gasteiger partial charge in [0.25, 0.3) is 0 Å². The van der Waals surface area contributed by atoms with Gasteiger partial charge in [0, 0.05) is 22.4 Å². The second-order valence-corrected chi connectivity index (χ2v) is 6.94. The Labute approximate surface area is 133 Å². The molecule has 0 aromatic heterocycles. The molecule has 0 saturated heterocycles. The molecule has 3 rings (SSSR count). The zero-order valence-electron chi connectivity index (χ0n) is 10.9. The summed E-state index contributed by atoms with van der Waals surface area (Å²) < 4.78 is 0. The molecule has 1 aliphatic rings. The van der Waals surface area contributed by atoms with E-state index in [4.69, 9.17) is 23.2 Å². The number of benzene rings is 2. The van der Waals surface area contributed by atoms with Crippen molar-refractivity contribution in [3.05, 3.63) is 58.1 Å². The molecule has 0 aliphatic heterocycles. The second-order valence-electron chi connectivity index (χ2n) is 4.98. The van der Waals surface area contributed by atoms with Crippen molar-refractivity contribution < 1.29 is 0 Å². The Hall–Kier alpha value is -0.670. The maximum absolute atomic E-state index is 6.03. The predicted molar refractivity (Wildman–Crippen MR) is 86.9 cm³/mol. The van der Waals surface area contributed by atoms with Crippen molar-refractivity contribution >= 4 is 35.0 Å². The Morgan fingerprint density at radius 1 is 0.950 bits per heavy atom. The van der Waals surface area contributed by atoms with E-state index in [-0.39, 0.29) is 0 Å². The maximum atomic E-state index is 6.03. The molecule has 4 heteroatoms. The van der Waals surface area contributed by atoms with Crippen LogP contribution in [0.25, 0.3) is 0 Å². The summed E-state index contributed by atoms with van der Waals surface area (Å²) in [6.07, 6.45) is 2.65. The summed E-state index contributed by atoms with van der Waals surface area (Å²) in [7, 11) is 0. The van der Waals surface area contributed by atoms with Gasteiger partial charge < -0.3 is 5.32 Å². The summed E-state index contributed by atoms with van der Waals surface area (Å²) >= 11 is 13.6. The highest BCUT2D eigenvalue weighted by Gasteiger charge is 2.19. The van der Waals surface area contributed by atoms with Crippen molar-refractivity contribution in [3.63, 3.8) is 0 Å². The monoisotopic (exact) mass is 323 g/mol. The number of hydrogen-bond acceptors (Lipinski definition) is 2. The third-order valence-electron chi connectivity index (χ3n) is 3.22. The van der Waals surface area contributed by atoms with Crippen molar-refractivity contribution in [3.8, 4) is 0 Å². The van der Waals surface area contributed by atoms with Gasteiger partial charge in [-0.1, -0.05) is 47.1 Å². The first kappa shape index (κ1) is 14.3. The molecule has 1 nitrogen and oxygen atoms in total. The van der Waals surface area contributed by atoms with Crippen LogP contribution in [0.3, 0.4) is 0 Å². The average molecular weight is 324 g/mol. The fraction of sp³-hybridized carbons (Fsp3) is 0.250. The zero-order valence-corrected chi connectivity index (χ0v) is 13.2. The molecule has 0 amide bonds. The summed E-state index contributed by atoms with van der Waals surface area (Å²) in [5, 5.41) is 4.71. The Morgan fingerprint density at radius 2 is 1.65 bits per heavy atom. The molecule has 104 valence electrons. The van der Waals surface area contributed by atoms with Crippen molar-refractivity contribution in [1.82, 2.24) is 5.32 Å². The normalized spacial score (nSPS) is 14.5. The van der Waals surface area contributed by atoms with E-state index < -0.39 is 0 Å². The minimum absolute atomic E-state index is 0.595. The van der Waals surface area contributed by atoms with Crippen LogP contribution < -0.4 is 5.32 Å². The zero-order chi connectivity index (χ0) is 13.9. The number of hydrogen-bond donors (Lipinski definition) is 1. The van der Waals surface area contributed by atoms with Gasteiger partial charge in [0.1, 0.15) is 0 Å². The van der Waals surface area contributed by atoms with E-state index in [9.17, 15) is 0 Å². The summed E-state index contributed by atoms with van der Waals surface area (Å²) in [5.74, 6) is 0. The van der Waals surface area contributed by atoms with E-state index >= 15 is 0 Å². The highest BCUT2D eigenvalue weighted by Crippen LogP contribution is 2.32. The van der Waals surface area contributed by atoms with Crippen molar-refractivity contribution in [2.24, 2.45) is 0 Å². The van der Waals surface area contributed by atoms with Crippen molar-refractivity contribution in [1.29, 1.82) is 0 Å². The van der Waals surface area contributed by atoms with Crippen LogP contribution in [0.2, 0.25) is 10.0 Å². The molecule has 1 N–H and O–H groups in total. The first-order valence-corrected chi connectivity index (χ1v) is 8.23. The molecule has 0 heterocycles. The van der Waals surface area contributed by atoms with E-state index in [0.717, 1.165) is 17.5 Å². The predicted octanol–water partition coefficient (Wildman–Crippen LogP) is 5.40. The van der Waals surface area contributed by atoms with Gasteiger partial charge in [-0.25, -0.2) is 0 Å². The van der Waals surface area contributed by atoms with E-state index in [1.54, 1.807) is 11.8 Å². The lowest BCUT2D eigenvalue weighted by Crippen LogP contribution is -2.14. The SMILES string of the molecule is Clc1ccc(Sc2ccc(CNC3CC3)cc2)cc1Cl. The Morgan fingerprint density at radius 3 is 2.30 bits per heavy atom. The van der Waals surface area contributed by atoms with Gasteiger partial charge in [0.05, 0.1) is 10.0 Å². The van der Waals surface area contributed by atoms with Crippen LogP contribution in [0.4, 0.5) is 0 Å². The van der Waals surface area contributed by atoms with Crippen LogP contribution in [0.15, 0.2) is 52.3 Å². The van der Waals surface area contributed by atoms with Gasteiger partial charge in [-0.3, -0.25) is 0 Å². The van der Waals surface area contributed by atoms with Crippen molar-refractivity contribution in [2.45, 2.75) is 35.2 Å². The standard InChI is InChI=1S/C16H15Cl2NS/c17-15-8-7-14(9-16(15)18)20-13-5-1-11(2-6-13)10-19-12-3-4-12/h1-2,5-9,12,19H,3-4,10H2. The minimum atomic E-state index is 0.595. The molecule has 1 saturated carbocycles. The summed E-state index contributed by atoms with van der Waals surface area (Å²) in [6, 6.07) is 15.1.